The number of nitrogens with zero attached hydrogens (tertiary/aromatic N) is 2. The average Bonchev–Trinajstić information content (AvgIpc) is 2.91. The Balaban J connectivity index is 0.00000144. The molecule has 0 radical (unpaired) electrons. The summed E-state index contributed by atoms with van der Waals surface area (Å²) in [6.07, 6.45) is 2.58. The Morgan fingerprint density at radius 3 is 2.73 bits per heavy atom. The van der Waals surface area contributed by atoms with Crippen LogP contribution in [0.4, 0.5) is 5.82 Å². The van der Waals surface area contributed by atoms with Crippen LogP contribution in [0.3, 0.4) is 0 Å². The number of rotatable bonds is 3. The topological polar surface area (TPSA) is 50.5 Å². The van der Waals surface area contributed by atoms with Crippen molar-refractivity contribution in [2.24, 2.45) is 5.92 Å². The van der Waals surface area contributed by atoms with Crippen LogP contribution in [0.2, 0.25) is 0 Å². The van der Waals surface area contributed by atoms with E-state index in [0.29, 0.717) is 6.04 Å². The average molecular weight is 324 g/mol. The van der Waals surface area contributed by atoms with E-state index in [1.807, 2.05) is 6.92 Å². The van der Waals surface area contributed by atoms with Gasteiger partial charge in [-0.1, -0.05) is 11.2 Å². The van der Waals surface area contributed by atoms with Crippen LogP contribution in [0.15, 0.2) is 16.7 Å². The van der Waals surface area contributed by atoms with Gasteiger partial charge in [0.25, 0.3) is 0 Å². The number of aromatic nitrogens is 1. The molecule has 0 spiro atoms. The molecule has 1 atom stereocenters. The van der Waals surface area contributed by atoms with E-state index in [9.17, 15) is 0 Å². The number of aryl methyl sites for hydroxylation is 1. The molecule has 4 heterocycles. The first-order chi connectivity index (χ1) is 10.3. The van der Waals surface area contributed by atoms with Crippen LogP contribution < -0.4 is 10.1 Å². The first-order valence-electron chi connectivity index (χ1n) is 7.68. The van der Waals surface area contributed by atoms with E-state index in [1.165, 1.54) is 25.9 Å². The van der Waals surface area contributed by atoms with Gasteiger partial charge in [-0.3, -0.25) is 0 Å². The molecule has 5 nitrogen and oxygen atoms in total. The number of hydrogen-bond acceptors (Lipinski definition) is 5. The summed E-state index contributed by atoms with van der Waals surface area (Å²) in [5.41, 5.74) is 1.80. The van der Waals surface area contributed by atoms with Gasteiger partial charge in [-0.15, -0.1) is 12.4 Å². The van der Waals surface area contributed by atoms with Gasteiger partial charge in [0.15, 0.2) is 11.6 Å². The summed E-state index contributed by atoms with van der Waals surface area (Å²) in [6, 6.07) is 4.60. The molecule has 1 aromatic heterocycles. The Morgan fingerprint density at radius 1 is 1.32 bits per heavy atom. The summed E-state index contributed by atoms with van der Waals surface area (Å²) in [7, 11) is 1.67. The highest BCUT2D eigenvalue weighted by Crippen LogP contribution is 2.35. The summed E-state index contributed by atoms with van der Waals surface area (Å²) in [4.78, 5) is 2.53. The molecule has 0 amide bonds. The first-order valence-corrected chi connectivity index (χ1v) is 7.68. The van der Waals surface area contributed by atoms with Crippen LogP contribution >= 0.6 is 12.4 Å². The van der Waals surface area contributed by atoms with Crippen molar-refractivity contribution >= 4 is 29.2 Å². The second kappa shape index (κ2) is 5.97. The fourth-order valence-electron chi connectivity index (χ4n) is 3.74. The van der Waals surface area contributed by atoms with Gasteiger partial charge >= 0.3 is 0 Å². The van der Waals surface area contributed by atoms with Crippen LogP contribution in [0, 0.1) is 12.8 Å². The number of ether oxygens (including phenoxy) is 1. The third-order valence-corrected chi connectivity index (χ3v) is 4.97. The fraction of sp³-hybridized carbons (Fsp3) is 0.562. The van der Waals surface area contributed by atoms with Gasteiger partial charge in [0.2, 0.25) is 5.58 Å². The molecule has 6 heteroatoms. The third kappa shape index (κ3) is 2.42. The van der Waals surface area contributed by atoms with Crippen molar-refractivity contribution in [2.75, 3.05) is 32.1 Å². The van der Waals surface area contributed by atoms with Crippen molar-refractivity contribution in [3.05, 3.63) is 17.7 Å². The first kappa shape index (κ1) is 15.4. The van der Waals surface area contributed by atoms with E-state index in [0.717, 1.165) is 40.6 Å². The Kier molecular flexibility index (Phi) is 4.19. The zero-order valence-corrected chi connectivity index (χ0v) is 13.8. The van der Waals surface area contributed by atoms with E-state index < -0.39 is 0 Å². The highest BCUT2D eigenvalue weighted by atomic mass is 35.5. The molecule has 1 aromatic carbocycles. The molecule has 22 heavy (non-hydrogen) atoms. The molecule has 3 fully saturated rings. The second-order valence-electron chi connectivity index (χ2n) is 6.21. The number of fused-ring (bicyclic) bond motifs is 4. The van der Waals surface area contributed by atoms with Crippen LogP contribution in [-0.2, 0) is 0 Å². The zero-order chi connectivity index (χ0) is 14.4. The van der Waals surface area contributed by atoms with Crippen molar-refractivity contribution in [1.29, 1.82) is 0 Å². The highest BCUT2D eigenvalue weighted by molar-refractivity contribution is 5.93. The van der Waals surface area contributed by atoms with Gasteiger partial charge in [0.1, 0.15) is 0 Å². The van der Waals surface area contributed by atoms with Crippen LogP contribution in [0.1, 0.15) is 18.4 Å². The number of methoxy groups -OCH3 is 1. The smallest absolute Gasteiger partial charge is 0.211 e. The van der Waals surface area contributed by atoms with Crippen molar-refractivity contribution in [1.82, 2.24) is 10.1 Å². The lowest BCUT2D eigenvalue weighted by Gasteiger charge is -2.44. The molecule has 3 aliphatic heterocycles. The number of benzene rings is 1. The lowest BCUT2D eigenvalue weighted by molar-refractivity contribution is 0.0973. The van der Waals surface area contributed by atoms with Crippen molar-refractivity contribution < 1.29 is 9.26 Å². The maximum atomic E-state index is 5.52. The molecule has 2 bridgehead atoms. The minimum Gasteiger partial charge on any atom is -0.492 e. The molecule has 0 unspecified atom stereocenters. The maximum absolute atomic E-state index is 5.52. The summed E-state index contributed by atoms with van der Waals surface area (Å²) in [6.45, 7) is 5.62. The maximum Gasteiger partial charge on any atom is 0.211 e. The predicted octanol–water partition coefficient (Wildman–Crippen LogP) is 3.07. The monoisotopic (exact) mass is 323 g/mol. The van der Waals surface area contributed by atoms with Gasteiger partial charge in [0.05, 0.1) is 12.5 Å². The van der Waals surface area contributed by atoms with E-state index in [4.69, 9.17) is 9.26 Å². The normalized spacial score (nSPS) is 26.7. The third-order valence-electron chi connectivity index (χ3n) is 4.97. The molecule has 1 N–H and O–H groups in total. The van der Waals surface area contributed by atoms with E-state index in [2.05, 4.69) is 27.5 Å². The number of nitrogens with one attached hydrogen (secondary N) is 1. The minimum atomic E-state index is 0. The van der Waals surface area contributed by atoms with E-state index in [-0.39, 0.29) is 12.4 Å². The van der Waals surface area contributed by atoms with Crippen LogP contribution in [0.5, 0.6) is 5.75 Å². The van der Waals surface area contributed by atoms with Crippen molar-refractivity contribution in [3.63, 3.8) is 0 Å². The van der Waals surface area contributed by atoms with Gasteiger partial charge in [-0.2, -0.15) is 0 Å². The molecule has 0 aliphatic carbocycles. The minimum absolute atomic E-state index is 0. The van der Waals surface area contributed by atoms with Gasteiger partial charge < -0.3 is 19.5 Å². The second-order valence-corrected chi connectivity index (χ2v) is 6.21. The van der Waals surface area contributed by atoms with Crippen molar-refractivity contribution in [3.8, 4) is 5.75 Å². The standard InChI is InChI=1S/C16H21N3O2.ClH/c1-10-3-4-12-15(14(10)20-2)21-18-16(12)17-13-9-19-7-5-11(13)6-8-19;/h3-4,11,13H,5-9H2,1-2H3,(H,17,18);1H/t13-;/m0./s1. The molecule has 2 aromatic rings. The number of halogens is 1. The zero-order valence-electron chi connectivity index (χ0n) is 13.0. The van der Waals surface area contributed by atoms with Gasteiger partial charge in [-0.25, -0.2) is 0 Å². The van der Waals surface area contributed by atoms with Crippen molar-refractivity contribution in [2.45, 2.75) is 25.8 Å². The lowest BCUT2D eigenvalue weighted by Crippen LogP contribution is -2.53. The SMILES string of the molecule is COc1c(C)ccc2c(N[C@H]3CN4CCC3CC4)noc12.Cl. The van der Waals surface area contributed by atoms with Crippen LogP contribution in [0.25, 0.3) is 11.0 Å². The van der Waals surface area contributed by atoms with E-state index in [1.54, 1.807) is 7.11 Å². The fourth-order valence-corrected chi connectivity index (χ4v) is 3.74. The Morgan fingerprint density at radius 2 is 2.09 bits per heavy atom. The predicted molar refractivity (Wildman–Crippen MR) is 89.1 cm³/mol. The summed E-state index contributed by atoms with van der Waals surface area (Å²) < 4.78 is 11.0. The van der Waals surface area contributed by atoms with Gasteiger partial charge in [-0.05, 0) is 50.4 Å². The van der Waals surface area contributed by atoms with Crippen LogP contribution in [-0.4, -0.2) is 42.8 Å². The highest BCUT2D eigenvalue weighted by Gasteiger charge is 2.34. The lowest BCUT2D eigenvalue weighted by atomic mass is 9.84. The summed E-state index contributed by atoms with van der Waals surface area (Å²) in [5, 5.41) is 8.85. The molecule has 120 valence electrons. The molecule has 3 saturated heterocycles. The number of piperidine rings is 3. The summed E-state index contributed by atoms with van der Waals surface area (Å²) in [5.74, 6) is 2.39. The molecular weight excluding hydrogens is 302 g/mol. The number of hydrogen-bond donors (Lipinski definition) is 1. The molecule has 0 saturated carbocycles. The Hall–Kier alpha value is -1.46. The largest absolute Gasteiger partial charge is 0.492 e. The Bertz CT molecular complexity index is 665. The number of anilines is 1. The summed E-state index contributed by atoms with van der Waals surface area (Å²) >= 11 is 0. The molecular formula is C16H22ClN3O2. The van der Waals surface area contributed by atoms with E-state index >= 15 is 0 Å². The quantitative estimate of drug-likeness (QED) is 0.940. The molecule has 5 rings (SSSR count). The van der Waals surface area contributed by atoms with Gasteiger partial charge in [0, 0.05) is 12.6 Å². The molecule has 3 aliphatic rings. The Labute approximate surface area is 136 Å².